The number of rotatable bonds is 10. The van der Waals surface area contributed by atoms with Crippen molar-refractivity contribution in [2.75, 3.05) is 26.4 Å². The summed E-state index contributed by atoms with van der Waals surface area (Å²) in [5.74, 6) is -1.53. The number of hydrogen-bond donors (Lipinski definition) is 2. The number of amides is 2. The Hall–Kier alpha value is -2.78. The van der Waals surface area contributed by atoms with Crippen LogP contribution in [0.15, 0.2) is 12.2 Å². The van der Waals surface area contributed by atoms with Crippen LogP contribution in [-0.2, 0) is 28.5 Å². The number of esters is 2. The van der Waals surface area contributed by atoms with Crippen molar-refractivity contribution in [2.45, 2.75) is 76.3 Å². The predicted octanol–water partition coefficient (Wildman–Crippen LogP) is 2.75. The lowest BCUT2D eigenvalue weighted by molar-refractivity contribution is -0.141. The van der Waals surface area contributed by atoms with E-state index in [0.717, 1.165) is 63.5 Å². The SMILES string of the molecule is O=C(/C=C/C(=O)OCCOC(=O)NC1CCCCC1)OCCOC(=O)NC1CCCCC1. The van der Waals surface area contributed by atoms with Crippen LogP contribution in [0.3, 0.4) is 0 Å². The van der Waals surface area contributed by atoms with Gasteiger partial charge in [-0.3, -0.25) is 0 Å². The third-order valence-electron chi connectivity index (χ3n) is 5.33. The van der Waals surface area contributed by atoms with Gasteiger partial charge >= 0.3 is 24.1 Å². The van der Waals surface area contributed by atoms with Crippen molar-refractivity contribution in [3.8, 4) is 0 Å². The van der Waals surface area contributed by atoms with Crippen LogP contribution in [0.25, 0.3) is 0 Å². The van der Waals surface area contributed by atoms with Gasteiger partial charge in [-0.15, -0.1) is 0 Å². The fraction of sp³-hybridized carbons (Fsp3) is 0.727. The molecule has 2 saturated carbocycles. The molecule has 2 N–H and O–H groups in total. The van der Waals surface area contributed by atoms with Crippen molar-refractivity contribution in [2.24, 2.45) is 0 Å². The second-order valence-corrected chi connectivity index (χ2v) is 7.90. The van der Waals surface area contributed by atoms with Crippen molar-refractivity contribution >= 4 is 24.1 Å². The smallest absolute Gasteiger partial charge is 0.407 e. The van der Waals surface area contributed by atoms with Gasteiger partial charge in [-0.2, -0.15) is 0 Å². The Bertz CT molecular complexity index is 586. The molecule has 2 rings (SSSR count). The Balaban J connectivity index is 1.45. The summed E-state index contributed by atoms with van der Waals surface area (Å²) in [6.45, 7) is -0.411. The summed E-state index contributed by atoms with van der Waals surface area (Å²) in [5, 5.41) is 5.57. The van der Waals surface area contributed by atoms with Gasteiger partial charge in [0.2, 0.25) is 0 Å². The van der Waals surface area contributed by atoms with E-state index in [4.69, 9.17) is 18.9 Å². The zero-order valence-electron chi connectivity index (χ0n) is 18.5. The first-order chi connectivity index (χ1) is 15.5. The van der Waals surface area contributed by atoms with E-state index in [-0.39, 0.29) is 38.5 Å². The highest BCUT2D eigenvalue weighted by atomic mass is 16.6. The number of hydrogen-bond acceptors (Lipinski definition) is 8. The van der Waals surface area contributed by atoms with Gasteiger partial charge in [0.1, 0.15) is 26.4 Å². The highest BCUT2D eigenvalue weighted by Crippen LogP contribution is 2.18. The van der Waals surface area contributed by atoms with E-state index in [1.807, 2.05) is 0 Å². The maximum Gasteiger partial charge on any atom is 0.407 e. The molecule has 0 saturated heterocycles. The maximum absolute atomic E-state index is 11.7. The van der Waals surface area contributed by atoms with Crippen LogP contribution in [0.4, 0.5) is 9.59 Å². The normalized spacial score (nSPS) is 17.4. The topological polar surface area (TPSA) is 129 Å². The molecule has 10 nitrogen and oxygen atoms in total. The first-order valence-corrected chi connectivity index (χ1v) is 11.4. The molecule has 0 radical (unpaired) electrons. The standard InChI is InChI=1S/C22H34N2O8/c25-19(29-13-15-31-21(27)23-17-7-3-1-4-8-17)11-12-20(26)30-14-16-32-22(28)24-18-9-5-2-6-10-18/h11-12,17-18H,1-10,13-16H2,(H,23,27)(H,24,28)/b12-11+. The fourth-order valence-corrected chi connectivity index (χ4v) is 3.70. The van der Waals surface area contributed by atoms with Crippen LogP contribution in [-0.4, -0.2) is 62.6 Å². The van der Waals surface area contributed by atoms with Gasteiger partial charge in [-0.1, -0.05) is 38.5 Å². The van der Waals surface area contributed by atoms with Gasteiger partial charge in [0.15, 0.2) is 0 Å². The number of carbonyl (C=O) groups excluding carboxylic acids is 4. The molecule has 0 aromatic rings. The molecule has 10 heteroatoms. The average molecular weight is 455 g/mol. The van der Waals surface area contributed by atoms with Crippen LogP contribution in [0.1, 0.15) is 64.2 Å². The van der Waals surface area contributed by atoms with Crippen molar-refractivity contribution in [1.29, 1.82) is 0 Å². The van der Waals surface area contributed by atoms with Crippen LogP contribution in [0.5, 0.6) is 0 Å². The Kier molecular flexibility index (Phi) is 12.0. The third-order valence-corrected chi connectivity index (χ3v) is 5.33. The minimum absolute atomic E-state index is 0.0805. The van der Waals surface area contributed by atoms with Gasteiger partial charge in [0.25, 0.3) is 0 Å². The second-order valence-electron chi connectivity index (χ2n) is 7.90. The van der Waals surface area contributed by atoms with Crippen LogP contribution in [0, 0.1) is 0 Å². The first kappa shape index (κ1) is 25.5. The molecule has 2 amide bonds. The molecule has 0 heterocycles. The lowest BCUT2D eigenvalue weighted by atomic mass is 9.96. The Morgan fingerprint density at radius 3 is 1.28 bits per heavy atom. The molecular weight excluding hydrogens is 420 g/mol. The molecule has 0 aliphatic heterocycles. The van der Waals surface area contributed by atoms with Crippen molar-refractivity contribution in [3.63, 3.8) is 0 Å². The van der Waals surface area contributed by atoms with Gasteiger partial charge in [0, 0.05) is 24.2 Å². The van der Waals surface area contributed by atoms with E-state index in [9.17, 15) is 19.2 Å². The quantitative estimate of drug-likeness (QED) is 0.223. The molecule has 0 atom stereocenters. The van der Waals surface area contributed by atoms with Crippen LogP contribution in [0.2, 0.25) is 0 Å². The van der Waals surface area contributed by atoms with Gasteiger partial charge < -0.3 is 29.6 Å². The van der Waals surface area contributed by atoms with E-state index in [0.29, 0.717) is 0 Å². The van der Waals surface area contributed by atoms with E-state index >= 15 is 0 Å². The molecule has 0 bridgehead atoms. The average Bonchev–Trinajstić information content (AvgIpc) is 2.79. The van der Waals surface area contributed by atoms with E-state index in [2.05, 4.69) is 10.6 Å². The number of carbonyl (C=O) groups is 4. The molecule has 2 fully saturated rings. The predicted molar refractivity (Wildman–Crippen MR) is 114 cm³/mol. The van der Waals surface area contributed by atoms with E-state index < -0.39 is 24.1 Å². The summed E-state index contributed by atoms with van der Waals surface area (Å²) in [6, 6.07) is 0.286. The van der Waals surface area contributed by atoms with E-state index in [1.165, 1.54) is 12.8 Å². The number of ether oxygens (including phenoxy) is 4. The Labute approximate surface area is 188 Å². The Morgan fingerprint density at radius 1 is 0.562 bits per heavy atom. The van der Waals surface area contributed by atoms with Crippen molar-refractivity contribution in [1.82, 2.24) is 10.6 Å². The molecule has 32 heavy (non-hydrogen) atoms. The molecule has 0 unspecified atom stereocenters. The molecule has 0 aromatic heterocycles. The number of alkyl carbamates (subject to hydrolysis) is 2. The maximum atomic E-state index is 11.7. The molecular formula is C22H34N2O8. The highest BCUT2D eigenvalue weighted by Gasteiger charge is 2.17. The summed E-state index contributed by atoms with van der Waals surface area (Å²) in [4.78, 5) is 46.4. The zero-order chi connectivity index (χ0) is 23.0. The Morgan fingerprint density at radius 2 is 0.906 bits per heavy atom. The third kappa shape index (κ3) is 11.6. The first-order valence-electron chi connectivity index (χ1n) is 11.4. The zero-order valence-corrected chi connectivity index (χ0v) is 18.5. The summed E-state index contributed by atoms with van der Waals surface area (Å²) in [5.41, 5.74) is 0. The van der Waals surface area contributed by atoms with Gasteiger partial charge in [-0.05, 0) is 25.7 Å². The number of nitrogens with one attached hydrogen (secondary N) is 2. The van der Waals surface area contributed by atoms with Crippen LogP contribution >= 0.6 is 0 Å². The largest absolute Gasteiger partial charge is 0.459 e. The fourth-order valence-electron chi connectivity index (χ4n) is 3.70. The summed E-state index contributed by atoms with van der Waals surface area (Å²) in [6.07, 6.45) is 11.3. The summed E-state index contributed by atoms with van der Waals surface area (Å²) < 4.78 is 19.6. The summed E-state index contributed by atoms with van der Waals surface area (Å²) in [7, 11) is 0. The minimum Gasteiger partial charge on any atom is -0.459 e. The highest BCUT2D eigenvalue weighted by molar-refractivity contribution is 5.91. The monoisotopic (exact) mass is 454 g/mol. The van der Waals surface area contributed by atoms with Gasteiger partial charge in [0.05, 0.1) is 0 Å². The van der Waals surface area contributed by atoms with Gasteiger partial charge in [-0.25, -0.2) is 19.2 Å². The van der Waals surface area contributed by atoms with E-state index in [1.54, 1.807) is 0 Å². The lowest BCUT2D eigenvalue weighted by Gasteiger charge is -2.22. The molecule has 2 aliphatic carbocycles. The molecule has 180 valence electrons. The molecule has 0 spiro atoms. The summed E-state index contributed by atoms with van der Waals surface area (Å²) >= 11 is 0. The molecule has 0 aromatic carbocycles. The van der Waals surface area contributed by atoms with Crippen molar-refractivity contribution in [3.05, 3.63) is 12.2 Å². The van der Waals surface area contributed by atoms with Crippen molar-refractivity contribution < 1.29 is 38.1 Å². The second kappa shape index (κ2) is 15.1. The lowest BCUT2D eigenvalue weighted by Crippen LogP contribution is -2.37. The minimum atomic E-state index is -0.763. The van der Waals surface area contributed by atoms with Crippen LogP contribution < -0.4 is 10.6 Å². The molecule has 2 aliphatic rings.